The molecule has 30 heavy (non-hydrogen) atoms. The van der Waals surface area contributed by atoms with Crippen LogP contribution >= 0.6 is 35.1 Å². The smallest absolute Gasteiger partial charge is 0.137 e. The maximum absolute atomic E-state index is 13.6. The minimum Gasteiger partial charge on any atom is -0.329 e. The van der Waals surface area contributed by atoms with Gasteiger partial charge >= 0.3 is 0 Å². The van der Waals surface area contributed by atoms with Crippen LogP contribution in [0.15, 0.2) is 69.2 Å². The standard InChI is InChI=1S/C21H22Cl2FN5S/c1-12-7-19(24)18(23)10-21(12)30-29-14-3-5-16(17(22)9-14)20-6-4-13(28-26-2)8-15(11-25)27-20/h3-7,9-10,12,21,28-29H,2,8,11,25H2,1H3. The van der Waals surface area contributed by atoms with Crippen molar-refractivity contribution in [1.82, 2.24) is 5.43 Å². The molecule has 0 radical (unpaired) electrons. The zero-order chi connectivity index (χ0) is 21.7. The summed E-state index contributed by atoms with van der Waals surface area (Å²) in [6.45, 7) is 5.71. The summed E-state index contributed by atoms with van der Waals surface area (Å²) in [5, 5.41) is 4.40. The summed E-state index contributed by atoms with van der Waals surface area (Å²) in [5.74, 6) is -0.363. The summed E-state index contributed by atoms with van der Waals surface area (Å²) in [6.07, 6.45) is 7.57. The number of anilines is 1. The van der Waals surface area contributed by atoms with Crippen molar-refractivity contribution in [3.05, 3.63) is 69.6 Å². The van der Waals surface area contributed by atoms with Crippen LogP contribution in [0.5, 0.6) is 0 Å². The van der Waals surface area contributed by atoms with Gasteiger partial charge < -0.3 is 10.5 Å². The minimum atomic E-state index is -0.376. The lowest BCUT2D eigenvalue weighted by molar-refractivity contribution is 0.616. The molecular formula is C21H22Cl2FN5S. The fourth-order valence-corrected chi connectivity index (χ4v) is 4.44. The lowest BCUT2D eigenvalue weighted by atomic mass is 10.0. The quantitative estimate of drug-likeness (QED) is 0.277. The highest BCUT2D eigenvalue weighted by Gasteiger charge is 2.22. The Morgan fingerprint density at radius 2 is 2.13 bits per heavy atom. The van der Waals surface area contributed by atoms with Gasteiger partial charge in [0.15, 0.2) is 0 Å². The second kappa shape index (κ2) is 10.3. The first kappa shape index (κ1) is 22.6. The Balaban J connectivity index is 1.76. The van der Waals surface area contributed by atoms with Gasteiger partial charge in [0.2, 0.25) is 0 Å². The van der Waals surface area contributed by atoms with Crippen LogP contribution in [0.1, 0.15) is 18.9 Å². The van der Waals surface area contributed by atoms with E-state index in [1.165, 1.54) is 18.0 Å². The van der Waals surface area contributed by atoms with Gasteiger partial charge in [0.25, 0.3) is 0 Å². The predicted molar refractivity (Wildman–Crippen MR) is 129 cm³/mol. The molecule has 1 aliphatic carbocycles. The minimum absolute atomic E-state index is 0.00579. The van der Waals surface area contributed by atoms with Crippen molar-refractivity contribution in [3.8, 4) is 0 Å². The Labute approximate surface area is 189 Å². The predicted octanol–water partition coefficient (Wildman–Crippen LogP) is 5.63. The van der Waals surface area contributed by atoms with E-state index >= 15 is 0 Å². The molecule has 0 amide bonds. The number of benzene rings is 1. The zero-order valence-corrected chi connectivity index (χ0v) is 18.7. The van der Waals surface area contributed by atoms with Crippen LogP contribution in [0.4, 0.5) is 10.1 Å². The third-order valence-electron chi connectivity index (χ3n) is 4.60. The molecule has 0 saturated heterocycles. The Morgan fingerprint density at radius 3 is 2.83 bits per heavy atom. The molecule has 1 aromatic rings. The third-order valence-corrected chi connectivity index (χ3v) is 6.41. The van der Waals surface area contributed by atoms with Crippen molar-refractivity contribution < 1.29 is 4.39 Å². The summed E-state index contributed by atoms with van der Waals surface area (Å²) in [4.78, 5) is 4.66. The number of nitrogens with zero attached hydrogens (tertiary/aromatic N) is 2. The van der Waals surface area contributed by atoms with E-state index in [0.29, 0.717) is 18.0 Å². The summed E-state index contributed by atoms with van der Waals surface area (Å²) in [6, 6.07) is 5.65. The molecule has 9 heteroatoms. The second-order valence-corrected chi connectivity index (χ2v) is 8.64. The molecule has 0 bridgehead atoms. The normalized spacial score (nSPS) is 21.4. The third kappa shape index (κ3) is 5.55. The first-order chi connectivity index (χ1) is 14.4. The van der Waals surface area contributed by atoms with Crippen molar-refractivity contribution in [2.24, 2.45) is 21.7 Å². The van der Waals surface area contributed by atoms with Crippen LogP contribution < -0.4 is 15.9 Å². The van der Waals surface area contributed by atoms with Crippen molar-refractivity contribution in [2.45, 2.75) is 18.6 Å². The number of nitrogens with one attached hydrogen (secondary N) is 2. The highest BCUT2D eigenvalue weighted by atomic mass is 35.5. The molecule has 1 aromatic carbocycles. The van der Waals surface area contributed by atoms with Crippen molar-refractivity contribution >= 4 is 59.0 Å². The van der Waals surface area contributed by atoms with Gasteiger partial charge in [0.05, 0.1) is 21.0 Å². The Bertz CT molecular complexity index is 984. The van der Waals surface area contributed by atoms with E-state index < -0.39 is 0 Å². The lowest BCUT2D eigenvalue weighted by Crippen LogP contribution is -2.17. The van der Waals surface area contributed by atoms with E-state index in [1.807, 2.05) is 37.3 Å². The first-order valence-electron chi connectivity index (χ1n) is 9.27. The molecule has 4 N–H and O–H groups in total. The molecule has 2 aliphatic rings. The van der Waals surface area contributed by atoms with Crippen LogP contribution in [-0.4, -0.2) is 24.2 Å². The highest BCUT2D eigenvalue weighted by molar-refractivity contribution is 8.01. The van der Waals surface area contributed by atoms with Crippen LogP contribution in [0, 0.1) is 5.92 Å². The largest absolute Gasteiger partial charge is 0.329 e. The second-order valence-electron chi connectivity index (χ2n) is 6.84. The Kier molecular flexibility index (Phi) is 7.77. The molecule has 1 aliphatic heterocycles. The van der Waals surface area contributed by atoms with E-state index in [0.717, 1.165) is 28.4 Å². The first-order valence-corrected chi connectivity index (χ1v) is 10.9. The van der Waals surface area contributed by atoms with E-state index in [4.69, 9.17) is 28.9 Å². The Hall–Kier alpha value is -2.06. The molecule has 1 heterocycles. The summed E-state index contributed by atoms with van der Waals surface area (Å²) in [7, 11) is 0. The van der Waals surface area contributed by atoms with Crippen molar-refractivity contribution in [2.75, 3.05) is 11.3 Å². The van der Waals surface area contributed by atoms with Crippen LogP contribution in [0.3, 0.4) is 0 Å². The van der Waals surface area contributed by atoms with Gasteiger partial charge in [-0.1, -0.05) is 30.1 Å². The van der Waals surface area contributed by atoms with Crippen LogP contribution in [-0.2, 0) is 0 Å². The fourth-order valence-electron chi connectivity index (χ4n) is 3.00. The van der Waals surface area contributed by atoms with Crippen molar-refractivity contribution in [1.29, 1.82) is 0 Å². The maximum atomic E-state index is 13.6. The molecular weight excluding hydrogens is 444 g/mol. The Morgan fingerprint density at radius 1 is 1.33 bits per heavy atom. The zero-order valence-electron chi connectivity index (χ0n) is 16.3. The molecule has 3 rings (SSSR count). The monoisotopic (exact) mass is 465 g/mol. The van der Waals surface area contributed by atoms with Gasteiger partial charge in [0, 0.05) is 42.3 Å². The summed E-state index contributed by atoms with van der Waals surface area (Å²) >= 11 is 13.9. The number of halogens is 3. The molecule has 2 unspecified atom stereocenters. The van der Waals surface area contributed by atoms with E-state index in [-0.39, 0.29) is 22.0 Å². The van der Waals surface area contributed by atoms with Gasteiger partial charge in [0.1, 0.15) is 5.83 Å². The molecule has 0 fully saturated rings. The van der Waals surface area contributed by atoms with Gasteiger partial charge in [-0.3, -0.25) is 10.4 Å². The number of rotatable bonds is 7. The highest BCUT2D eigenvalue weighted by Crippen LogP contribution is 2.35. The van der Waals surface area contributed by atoms with Crippen molar-refractivity contribution in [3.63, 3.8) is 0 Å². The van der Waals surface area contributed by atoms with Gasteiger partial charge in [-0.05, 0) is 60.4 Å². The van der Waals surface area contributed by atoms with E-state index in [2.05, 4.69) is 27.0 Å². The van der Waals surface area contributed by atoms with Crippen LogP contribution in [0.2, 0.25) is 5.02 Å². The number of hydrazone groups is 1. The lowest BCUT2D eigenvalue weighted by Gasteiger charge is -2.22. The average molecular weight is 466 g/mol. The number of hydrogen-bond acceptors (Lipinski definition) is 6. The van der Waals surface area contributed by atoms with E-state index in [1.54, 1.807) is 6.08 Å². The molecule has 0 spiro atoms. The summed E-state index contributed by atoms with van der Waals surface area (Å²) < 4.78 is 16.8. The SMILES string of the molecule is C=NNC1=CC=C(c2ccc(NSC3C=C(Cl)C(F)=CC3C)cc2Cl)N=C(CN)C1. The number of hydrogen-bond donors (Lipinski definition) is 3. The molecule has 0 aromatic heterocycles. The molecule has 158 valence electrons. The van der Waals surface area contributed by atoms with Gasteiger partial charge in [-0.25, -0.2) is 4.39 Å². The average Bonchev–Trinajstić information content (AvgIpc) is 2.92. The topological polar surface area (TPSA) is 74.8 Å². The van der Waals surface area contributed by atoms with E-state index in [9.17, 15) is 4.39 Å². The molecule has 2 atom stereocenters. The van der Waals surface area contributed by atoms with Gasteiger partial charge in [-0.2, -0.15) is 5.10 Å². The molecule has 0 saturated carbocycles. The maximum Gasteiger partial charge on any atom is 0.137 e. The summed E-state index contributed by atoms with van der Waals surface area (Å²) in [5.41, 5.74) is 12.7. The molecule has 5 nitrogen and oxygen atoms in total. The fraction of sp³-hybridized carbons (Fsp3) is 0.238. The number of aliphatic imine (C=N–C) groups is 1. The number of nitrogens with two attached hydrogens (primary N) is 1. The number of allylic oxidation sites excluding steroid dienone is 6. The van der Waals surface area contributed by atoms with Gasteiger partial charge in [-0.15, -0.1) is 0 Å². The van der Waals surface area contributed by atoms with Crippen LogP contribution in [0.25, 0.3) is 5.70 Å².